The summed E-state index contributed by atoms with van der Waals surface area (Å²) in [6.07, 6.45) is 1.76. The van der Waals surface area contributed by atoms with Crippen molar-refractivity contribution in [3.8, 4) is 26.7 Å². The number of para-hydroxylation sites is 1. The Hall–Kier alpha value is -0.630. The van der Waals surface area contributed by atoms with Crippen molar-refractivity contribution in [2.45, 2.75) is 0 Å². The Morgan fingerprint density at radius 2 is 1.37 bits per heavy atom. The summed E-state index contributed by atoms with van der Waals surface area (Å²) in [5.74, 6) is 0. The Kier molecular flexibility index (Phi) is 10.3. The van der Waals surface area contributed by atoms with Gasteiger partial charge in [0.05, 0.1) is 22.5 Å². The molecule has 0 N–H and O–H groups in total. The van der Waals surface area contributed by atoms with Gasteiger partial charge >= 0.3 is 59.1 Å². The van der Waals surface area contributed by atoms with E-state index in [0.717, 1.165) is 26.7 Å². The second-order valence-corrected chi connectivity index (χ2v) is 6.44. The number of rotatable bonds is 3. The van der Waals surface area contributed by atoms with Crippen LogP contribution in [0.4, 0.5) is 0 Å². The van der Waals surface area contributed by atoms with Gasteiger partial charge in [0.2, 0.25) is 0 Å². The summed E-state index contributed by atoms with van der Waals surface area (Å²) in [6.45, 7) is 0. The summed E-state index contributed by atoms with van der Waals surface area (Å²) in [5.41, 5.74) is 2.94. The third kappa shape index (κ3) is 5.68. The van der Waals surface area contributed by atoms with Crippen molar-refractivity contribution in [1.29, 1.82) is 0 Å². The van der Waals surface area contributed by atoms with Gasteiger partial charge in [-0.3, -0.25) is 4.79 Å². The van der Waals surface area contributed by atoms with Crippen LogP contribution in [0.25, 0.3) is 26.7 Å². The largest absolute Gasteiger partial charge is 2.00 e. The van der Waals surface area contributed by atoms with Gasteiger partial charge in [-0.15, -0.1) is 11.3 Å². The fraction of sp³-hybridized carbons (Fsp3) is 0. The standard InChI is InChI=1S/C20H14N2OS.2Na.S/c23-17-13-19(15-7-3-1-4-8-15)24-20(14-17)18-11-12-21-22(18)16-9-5-2-6-10-16;;;/h1-14H;;;/q;2*+1;-2. The van der Waals surface area contributed by atoms with E-state index in [1.165, 1.54) is 0 Å². The van der Waals surface area contributed by atoms with Crippen LogP contribution in [0.15, 0.2) is 89.9 Å². The molecule has 0 amide bonds. The average molecular weight is 408 g/mol. The van der Waals surface area contributed by atoms with Crippen LogP contribution in [0.3, 0.4) is 0 Å². The van der Waals surface area contributed by atoms with Crippen LogP contribution in [0.2, 0.25) is 0 Å². The van der Waals surface area contributed by atoms with E-state index < -0.39 is 0 Å². The zero-order chi connectivity index (χ0) is 16.4. The molecule has 0 spiro atoms. The van der Waals surface area contributed by atoms with Crippen molar-refractivity contribution >= 4 is 24.8 Å². The number of hydrogen-bond acceptors (Lipinski definition) is 3. The molecule has 2 aromatic heterocycles. The Morgan fingerprint density at radius 1 is 0.778 bits per heavy atom. The van der Waals surface area contributed by atoms with Gasteiger partial charge in [0.15, 0.2) is 5.43 Å². The first-order valence-corrected chi connectivity index (χ1v) is 8.43. The fourth-order valence-corrected chi connectivity index (χ4v) is 3.71. The van der Waals surface area contributed by atoms with E-state index in [-0.39, 0.29) is 78.0 Å². The molecule has 4 rings (SSSR count). The van der Waals surface area contributed by atoms with Gasteiger partial charge in [0.25, 0.3) is 0 Å². The molecule has 3 nitrogen and oxygen atoms in total. The molecule has 124 valence electrons. The molecular weight excluding hydrogens is 394 g/mol. The third-order valence-corrected chi connectivity index (χ3v) is 4.84. The molecule has 0 radical (unpaired) electrons. The topological polar surface area (TPSA) is 34.9 Å². The van der Waals surface area contributed by atoms with Crippen LogP contribution in [0.1, 0.15) is 0 Å². The zero-order valence-corrected chi connectivity index (χ0v) is 20.8. The molecule has 27 heavy (non-hydrogen) atoms. The Morgan fingerprint density at radius 3 is 2.04 bits per heavy atom. The van der Waals surface area contributed by atoms with Crippen molar-refractivity contribution in [1.82, 2.24) is 9.78 Å². The molecule has 0 aliphatic carbocycles. The Bertz CT molecular complexity index is 1030. The number of benzene rings is 2. The van der Waals surface area contributed by atoms with Gasteiger partial charge in [-0.2, -0.15) is 5.10 Å². The first-order chi connectivity index (χ1) is 11.8. The maximum atomic E-state index is 12.2. The van der Waals surface area contributed by atoms with Gasteiger partial charge in [-0.1, -0.05) is 48.5 Å². The van der Waals surface area contributed by atoms with E-state index in [1.807, 2.05) is 71.4 Å². The molecule has 0 bridgehead atoms. The van der Waals surface area contributed by atoms with Crippen molar-refractivity contribution in [3.63, 3.8) is 0 Å². The summed E-state index contributed by atoms with van der Waals surface area (Å²) in [7, 11) is 0. The van der Waals surface area contributed by atoms with Crippen LogP contribution < -0.4 is 64.5 Å². The number of nitrogens with zero attached hydrogens (tertiary/aromatic N) is 2. The predicted molar refractivity (Wildman–Crippen MR) is 106 cm³/mol. The van der Waals surface area contributed by atoms with Gasteiger partial charge < -0.3 is 13.5 Å². The molecule has 2 aromatic carbocycles. The van der Waals surface area contributed by atoms with Gasteiger partial charge in [-0.25, -0.2) is 4.68 Å². The van der Waals surface area contributed by atoms with E-state index >= 15 is 0 Å². The van der Waals surface area contributed by atoms with Crippen LogP contribution >= 0.6 is 11.3 Å². The first kappa shape index (κ1) is 24.4. The molecule has 0 fully saturated rings. The number of hydrogen-bond donors (Lipinski definition) is 0. The minimum absolute atomic E-state index is 0. The van der Waals surface area contributed by atoms with E-state index in [9.17, 15) is 4.79 Å². The molecule has 7 heteroatoms. The smallest absolute Gasteiger partial charge is 1.00 e. The van der Waals surface area contributed by atoms with Crippen LogP contribution in [-0.2, 0) is 13.5 Å². The maximum Gasteiger partial charge on any atom is 1.00 e. The summed E-state index contributed by atoms with van der Waals surface area (Å²) in [5, 5.41) is 4.42. The Labute approximate surface area is 213 Å². The van der Waals surface area contributed by atoms with Crippen molar-refractivity contribution < 1.29 is 59.1 Å². The molecule has 0 saturated heterocycles. The maximum absolute atomic E-state index is 12.2. The zero-order valence-electron chi connectivity index (χ0n) is 15.2. The van der Waals surface area contributed by atoms with E-state index in [0.29, 0.717) is 0 Å². The van der Waals surface area contributed by atoms with Crippen LogP contribution in [-0.4, -0.2) is 9.78 Å². The monoisotopic (exact) mass is 408 g/mol. The molecule has 0 atom stereocenters. The summed E-state index contributed by atoms with van der Waals surface area (Å²) in [6, 6.07) is 25.2. The Balaban J connectivity index is 0.00000121. The van der Waals surface area contributed by atoms with Crippen LogP contribution in [0, 0.1) is 0 Å². The number of aromatic nitrogens is 2. The normalized spacial score (nSPS) is 9.48. The van der Waals surface area contributed by atoms with Gasteiger partial charge in [0, 0.05) is 17.0 Å². The quantitative estimate of drug-likeness (QED) is 0.393. The fourth-order valence-electron chi connectivity index (χ4n) is 2.61. The molecule has 0 unspecified atom stereocenters. The summed E-state index contributed by atoms with van der Waals surface area (Å²) in [4.78, 5) is 14.1. The molecule has 4 aromatic rings. The predicted octanol–water partition coefficient (Wildman–Crippen LogP) is -1.37. The van der Waals surface area contributed by atoms with Crippen molar-refractivity contribution in [2.75, 3.05) is 0 Å². The minimum atomic E-state index is 0. The van der Waals surface area contributed by atoms with Crippen LogP contribution in [0.5, 0.6) is 0 Å². The summed E-state index contributed by atoms with van der Waals surface area (Å²) < 4.78 is 1.86. The average Bonchev–Trinajstić information content (AvgIpc) is 3.12. The second kappa shape index (κ2) is 11.4. The SMILES string of the molecule is O=c1cc(-c2ccccc2)sc(-c2ccnn2-c2ccccc2)c1.[Na+].[Na+].[S-2]. The van der Waals surface area contributed by atoms with E-state index in [2.05, 4.69) is 5.10 Å². The summed E-state index contributed by atoms with van der Waals surface area (Å²) >= 11 is 1.60. The molecular formula is C20H14N2Na2OS2. The van der Waals surface area contributed by atoms with E-state index in [4.69, 9.17) is 0 Å². The van der Waals surface area contributed by atoms with Crippen molar-refractivity contribution in [3.05, 3.63) is 95.3 Å². The first-order valence-electron chi connectivity index (χ1n) is 7.62. The van der Waals surface area contributed by atoms with Gasteiger partial charge in [-0.05, 0) is 23.8 Å². The molecule has 0 aliphatic heterocycles. The second-order valence-electron chi connectivity index (χ2n) is 5.35. The molecule has 2 heterocycles. The van der Waals surface area contributed by atoms with Gasteiger partial charge in [0.1, 0.15) is 0 Å². The third-order valence-electron chi connectivity index (χ3n) is 3.72. The molecule has 0 saturated carbocycles. The van der Waals surface area contributed by atoms with Crippen molar-refractivity contribution in [2.24, 2.45) is 0 Å². The van der Waals surface area contributed by atoms with E-state index in [1.54, 1.807) is 29.7 Å². The molecule has 0 aliphatic rings. The minimum Gasteiger partial charge on any atom is -2.00 e.